The molecule has 1 heterocycles. The van der Waals surface area contributed by atoms with E-state index in [-0.39, 0.29) is 11.9 Å². The van der Waals surface area contributed by atoms with Crippen molar-refractivity contribution in [1.29, 1.82) is 0 Å². The Labute approximate surface area is 114 Å². The highest BCUT2D eigenvalue weighted by atomic mass is 16.2. The lowest BCUT2D eigenvalue weighted by molar-refractivity contribution is -0.122. The third kappa shape index (κ3) is 4.67. The number of nitrogens with one attached hydrogen (secondary N) is 1. The molecular formula is C14H24N4O. The van der Waals surface area contributed by atoms with E-state index in [9.17, 15) is 4.79 Å². The lowest BCUT2D eigenvalue weighted by Gasteiger charge is -2.24. The molecule has 0 saturated heterocycles. The first-order valence-corrected chi connectivity index (χ1v) is 7.26. The van der Waals surface area contributed by atoms with E-state index in [2.05, 4.69) is 10.4 Å². The molecule has 1 aromatic heterocycles. The molecular weight excluding hydrogens is 240 g/mol. The van der Waals surface area contributed by atoms with Gasteiger partial charge in [-0.1, -0.05) is 32.1 Å². The molecule has 5 heteroatoms. The molecule has 0 radical (unpaired) electrons. The van der Waals surface area contributed by atoms with Crippen LogP contribution in [-0.2, 0) is 11.3 Å². The van der Waals surface area contributed by atoms with Crippen LogP contribution in [0.4, 0.5) is 0 Å². The van der Waals surface area contributed by atoms with Gasteiger partial charge in [0, 0.05) is 18.9 Å². The van der Waals surface area contributed by atoms with Crippen LogP contribution in [0.25, 0.3) is 0 Å². The lowest BCUT2D eigenvalue weighted by atomic mass is 9.85. The van der Waals surface area contributed by atoms with Gasteiger partial charge in [-0.2, -0.15) is 5.10 Å². The highest BCUT2D eigenvalue weighted by molar-refractivity contribution is 5.81. The first-order chi connectivity index (χ1) is 9.25. The molecule has 1 fully saturated rings. The minimum absolute atomic E-state index is 0.0299. The van der Waals surface area contributed by atoms with E-state index in [1.54, 1.807) is 10.9 Å². The van der Waals surface area contributed by atoms with Crippen LogP contribution in [0.5, 0.6) is 0 Å². The molecule has 1 atom stereocenters. The van der Waals surface area contributed by atoms with Crippen molar-refractivity contribution in [2.75, 3.05) is 6.54 Å². The second kappa shape index (κ2) is 7.28. The van der Waals surface area contributed by atoms with Crippen molar-refractivity contribution in [1.82, 2.24) is 15.1 Å². The number of aromatic nitrogens is 2. The van der Waals surface area contributed by atoms with Crippen molar-refractivity contribution in [2.45, 2.75) is 51.1 Å². The number of rotatable bonds is 6. The summed E-state index contributed by atoms with van der Waals surface area (Å²) in [5, 5.41) is 6.97. The Balaban J connectivity index is 1.64. The van der Waals surface area contributed by atoms with Gasteiger partial charge in [0.15, 0.2) is 0 Å². The van der Waals surface area contributed by atoms with Crippen LogP contribution < -0.4 is 11.1 Å². The zero-order chi connectivity index (χ0) is 13.5. The molecule has 1 unspecified atom stereocenters. The van der Waals surface area contributed by atoms with Gasteiger partial charge in [0.1, 0.15) is 0 Å². The zero-order valence-corrected chi connectivity index (χ0v) is 11.4. The van der Waals surface area contributed by atoms with Gasteiger partial charge in [0.05, 0.1) is 12.6 Å². The largest absolute Gasteiger partial charge is 0.353 e. The topological polar surface area (TPSA) is 72.9 Å². The minimum Gasteiger partial charge on any atom is -0.353 e. The van der Waals surface area contributed by atoms with E-state index >= 15 is 0 Å². The van der Waals surface area contributed by atoms with Crippen molar-refractivity contribution in [2.24, 2.45) is 11.7 Å². The number of nitrogens with two attached hydrogens (primary N) is 1. The first-order valence-electron chi connectivity index (χ1n) is 7.26. The molecule has 0 aliphatic heterocycles. The predicted molar refractivity (Wildman–Crippen MR) is 74.4 cm³/mol. The molecule has 1 aromatic rings. The minimum atomic E-state index is -0.360. The number of carbonyl (C=O) groups is 1. The molecule has 1 aliphatic carbocycles. The van der Waals surface area contributed by atoms with Gasteiger partial charge >= 0.3 is 0 Å². The molecule has 5 nitrogen and oxygen atoms in total. The molecule has 1 aliphatic rings. The van der Waals surface area contributed by atoms with E-state index in [4.69, 9.17) is 5.73 Å². The van der Waals surface area contributed by atoms with Crippen LogP contribution in [0.1, 0.15) is 38.5 Å². The maximum absolute atomic E-state index is 11.9. The molecule has 19 heavy (non-hydrogen) atoms. The number of carbonyl (C=O) groups excluding carboxylic acids is 1. The van der Waals surface area contributed by atoms with E-state index in [0.717, 1.165) is 6.42 Å². The van der Waals surface area contributed by atoms with Gasteiger partial charge in [-0.25, -0.2) is 0 Å². The summed E-state index contributed by atoms with van der Waals surface area (Å²) >= 11 is 0. The third-order valence-electron chi connectivity index (χ3n) is 3.85. The Morgan fingerprint density at radius 1 is 1.42 bits per heavy atom. The fourth-order valence-electron chi connectivity index (χ4n) is 2.75. The van der Waals surface area contributed by atoms with Gasteiger partial charge in [-0.15, -0.1) is 0 Å². The number of hydrogen-bond donors (Lipinski definition) is 2. The monoisotopic (exact) mass is 264 g/mol. The molecule has 1 saturated carbocycles. The normalized spacial score (nSPS) is 18.2. The van der Waals surface area contributed by atoms with E-state index in [1.807, 2.05) is 12.3 Å². The maximum atomic E-state index is 11.9. The summed E-state index contributed by atoms with van der Waals surface area (Å²) in [6.45, 7) is 1.27. The highest BCUT2D eigenvalue weighted by Gasteiger charge is 2.20. The molecule has 0 bridgehead atoms. The van der Waals surface area contributed by atoms with Crippen LogP contribution in [0.2, 0.25) is 0 Å². The van der Waals surface area contributed by atoms with Crippen molar-refractivity contribution in [3.8, 4) is 0 Å². The number of hydrogen-bond acceptors (Lipinski definition) is 3. The summed E-state index contributed by atoms with van der Waals surface area (Å²) in [5.41, 5.74) is 5.97. The predicted octanol–water partition coefficient (Wildman–Crippen LogP) is 1.30. The summed E-state index contributed by atoms with van der Waals surface area (Å²) < 4.78 is 1.80. The molecule has 0 aromatic carbocycles. The Kier molecular flexibility index (Phi) is 5.39. The van der Waals surface area contributed by atoms with Crippen LogP contribution >= 0.6 is 0 Å². The molecule has 1 amide bonds. The summed E-state index contributed by atoms with van der Waals surface area (Å²) in [7, 11) is 0. The molecule has 106 valence electrons. The van der Waals surface area contributed by atoms with Crippen molar-refractivity contribution in [3.05, 3.63) is 18.5 Å². The summed E-state index contributed by atoms with van der Waals surface area (Å²) in [6, 6.07) is 1.51. The Morgan fingerprint density at radius 2 is 2.21 bits per heavy atom. The van der Waals surface area contributed by atoms with Crippen molar-refractivity contribution < 1.29 is 4.79 Å². The van der Waals surface area contributed by atoms with E-state index < -0.39 is 0 Å². The molecule has 3 N–H and O–H groups in total. The average Bonchev–Trinajstić information content (AvgIpc) is 2.93. The smallest absolute Gasteiger partial charge is 0.236 e. The SMILES string of the molecule is NC(CC1CCCCC1)C(=O)NCCn1cccn1. The Hall–Kier alpha value is -1.36. The lowest BCUT2D eigenvalue weighted by Crippen LogP contribution is -2.43. The summed E-state index contributed by atoms with van der Waals surface area (Å²) in [5.74, 6) is 0.610. The van der Waals surface area contributed by atoms with Crippen molar-refractivity contribution >= 4 is 5.91 Å². The van der Waals surface area contributed by atoms with Gasteiger partial charge in [0.2, 0.25) is 5.91 Å². The summed E-state index contributed by atoms with van der Waals surface area (Å²) in [4.78, 5) is 11.9. The van der Waals surface area contributed by atoms with Crippen LogP contribution in [0.15, 0.2) is 18.5 Å². The van der Waals surface area contributed by atoms with Crippen molar-refractivity contribution in [3.63, 3.8) is 0 Å². The average molecular weight is 264 g/mol. The van der Waals surface area contributed by atoms with Crippen LogP contribution in [0.3, 0.4) is 0 Å². The van der Waals surface area contributed by atoms with Gasteiger partial charge in [-0.3, -0.25) is 9.48 Å². The molecule has 2 rings (SSSR count). The standard InChI is InChI=1S/C14H24N4O/c15-13(11-12-5-2-1-3-6-12)14(19)16-8-10-18-9-4-7-17-18/h4,7,9,12-13H,1-3,5-6,8,10-11,15H2,(H,16,19). The fourth-order valence-corrected chi connectivity index (χ4v) is 2.75. The van der Waals surface area contributed by atoms with Gasteiger partial charge < -0.3 is 11.1 Å². The van der Waals surface area contributed by atoms with Gasteiger partial charge in [-0.05, 0) is 18.4 Å². The van der Waals surface area contributed by atoms with Gasteiger partial charge in [0.25, 0.3) is 0 Å². The second-order valence-corrected chi connectivity index (χ2v) is 5.41. The van der Waals surface area contributed by atoms with E-state index in [1.165, 1.54) is 32.1 Å². The van der Waals surface area contributed by atoms with Crippen LogP contribution in [-0.4, -0.2) is 28.3 Å². The zero-order valence-electron chi connectivity index (χ0n) is 11.4. The first kappa shape index (κ1) is 14.1. The van der Waals surface area contributed by atoms with E-state index in [0.29, 0.717) is 19.0 Å². The second-order valence-electron chi connectivity index (χ2n) is 5.41. The third-order valence-corrected chi connectivity index (χ3v) is 3.85. The van der Waals surface area contributed by atoms with Crippen LogP contribution in [0, 0.1) is 5.92 Å². The quantitative estimate of drug-likeness (QED) is 0.813. The fraction of sp³-hybridized carbons (Fsp3) is 0.714. The Morgan fingerprint density at radius 3 is 2.89 bits per heavy atom. The Bertz CT molecular complexity index is 371. The number of amides is 1. The maximum Gasteiger partial charge on any atom is 0.236 e. The summed E-state index contributed by atoms with van der Waals surface area (Å²) in [6.07, 6.45) is 10.8. The highest BCUT2D eigenvalue weighted by Crippen LogP contribution is 2.26. The number of nitrogens with zero attached hydrogens (tertiary/aromatic N) is 2. The molecule has 0 spiro atoms.